The average Bonchev–Trinajstić information content (AvgIpc) is 2.45. The van der Waals surface area contributed by atoms with Crippen molar-refractivity contribution in [2.75, 3.05) is 0 Å². The van der Waals surface area contributed by atoms with Crippen LogP contribution in [0, 0.1) is 6.92 Å². The molecule has 0 fully saturated rings. The molecule has 0 bridgehead atoms. The quantitative estimate of drug-likeness (QED) is 0.595. The van der Waals surface area contributed by atoms with E-state index in [1.807, 2.05) is 49.4 Å². The number of hydrogen-bond donors (Lipinski definition) is 0. The van der Waals surface area contributed by atoms with Crippen molar-refractivity contribution >= 4 is 17.6 Å². The molecule has 2 aromatic carbocycles. The van der Waals surface area contributed by atoms with Crippen molar-refractivity contribution in [1.82, 2.24) is 0 Å². The summed E-state index contributed by atoms with van der Waals surface area (Å²) in [5.41, 5.74) is 3.10. The Hall–Kier alpha value is -2.06. The van der Waals surface area contributed by atoms with Crippen LogP contribution in [0.2, 0.25) is 5.02 Å². The van der Waals surface area contributed by atoms with Gasteiger partial charge in [0.2, 0.25) is 0 Å². The van der Waals surface area contributed by atoms with Gasteiger partial charge in [-0.25, -0.2) is 4.79 Å². The summed E-state index contributed by atoms with van der Waals surface area (Å²) in [6.45, 7) is 7.25. The maximum atomic E-state index is 11.9. The first-order valence-electron chi connectivity index (χ1n) is 6.66. The van der Waals surface area contributed by atoms with Crippen molar-refractivity contribution in [3.63, 3.8) is 0 Å². The lowest BCUT2D eigenvalue weighted by molar-refractivity contribution is -0.142. The van der Waals surface area contributed by atoms with Crippen LogP contribution in [0.5, 0.6) is 0 Å². The van der Waals surface area contributed by atoms with E-state index in [9.17, 15) is 4.79 Å². The molecule has 1 unspecified atom stereocenters. The van der Waals surface area contributed by atoms with E-state index in [0.29, 0.717) is 10.6 Å². The molecular formula is C18H17ClO2. The van der Waals surface area contributed by atoms with E-state index in [0.717, 1.165) is 16.7 Å². The molecule has 0 aromatic heterocycles. The maximum absolute atomic E-state index is 11.9. The number of aryl methyl sites for hydroxylation is 1. The first kappa shape index (κ1) is 15.3. The summed E-state index contributed by atoms with van der Waals surface area (Å²) in [6.07, 6.45) is -0.539. The SMILES string of the molecule is C=C(C)C(=O)OC(c1cccc(C)c1)c1ccccc1Cl. The van der Waals surface area contributed by atoms with Gasteiger partial charge < -0.3 is 4.74 Å². The molecule has 0 aliphatic heterocycles. The van der Waals surface area contributed by atoms with E-state index in [1.165, 1.54) is 0 Å². The highest BCUT2D eigenvalue weighted by Gasteiger charge is 2.21. The molecule has 3 heteroatoms. The average molecular weight is 301 g/mol. The topological polar surface area (TPSA) is 26.3 Å². The van der Waals surface area contributed by atoms with Crippen LogP contribution in [-0.4, -0.2) is 5.97 Å². The number of ether oxygens (including phenoxy) is 1. The Balaban J connectivity index is 2.47. The predicted octanol–water partition coefficient (Wildman–Crippen LogP) is 4.86. The van der Waals surface area contributed by atoms with E-state index in [4.69, 9.17) is 16.3 Å². The van der Waals surface area contributed by atoms with E-state index in [1.54, 1.807) is 13.0 Å². The van der Waals surface area contributed by atoms with Crippen molar-refractivity contribution < 1.29 is 9.53 Å². The molecule has 0 radical (unpaired) electrons. The summed E-state index contributed by atoms with van der Waals surface area (Å²) in [5, 5.41) is 0.568. The smallest absolute Gasteiger partial charge is 0.334 e. The minimum atomic E-state index is -0.539. The molecule has 0 spiro atoms. The molecule has 2 aromatic rings. The normalized spacial score (nSPS) is 11.8. The van der Waals surface area contributed by atoms with Crippen LogP contribution in [0.4, 0.5) is 0 Å². The Morgan fingerprint density at radius 3 is 2.52 bits per heavy atom. The first-order valence-corrected chi connectivity index (χ1v) is 7.04. The number of esters is 1. The maximum Gasteiger partial charge on any atom is 0.334 e. The van der Waals surface area contributed by atoms with Crippen LogP contribution in [0.25, 0.3) is 0 Å². The Morgan fingerprint density at radius 1 is 1.19 bits per heavy atom. The third-order valence-electron chi connectivity index (χ3n) is 3.11. The monoisotopic (exact) mass is 300 g/mol. The molecule has 0 aliphatic carbocycles. The molecule has 2 nitrogen and oxygen atoms in total. The second-order valence-corrected chi connectivity index (χ2v) is 5.41. The molecule has 21 heavy (non-hydrogen) atoms. The second kappa shape index (κ2) is 6.59. The zero-order valence-electron chi connectivity index (χ0n) is 12.1. The third-order valence-corrected chi connectivity index (χ3v) is 3.45. The summed E-state index contributed by atoms with van der Waals surface area (Å²) >= 11 is 6.26. The van der Waals surface area contributed by atoms with Crippen molar-refractivity contribution in [3.8, 4) is 0 Å². The van der Waals surface area contributed by atoms with Gasteiger partial charge in [0.05, 0.1) is 0 Å². The lowest BCUT2D eigenvalue weighted by Crippen LogP contribution is -2.13. The van der Waals surface area contributed by atoms with Gasteiger partial charge in [-0.3, -0.25) is 0 Å². The van der Waals surface area contributed by atoms with Crippen LogP contribution < -0.4 is 0 Å². The molecule has 1 atom stereocenters. The van der Waals surface area contributed by atoms with E-state index in [-0.39, 0.29) is 0 Å². The van der Waals surface area contributed by atoms with Crippen LogP contribution in [0.1, 0.15) is 29.7 Å². The molecule has 2 rings (SSSR count). The van der Waals surface area contributed by atoms with E-state index < -0.39 is 12.1 Å². The second-order valence-electron chi connectivity index (χ2n) is 5.00. The summed E-state index contributed by atoms with van der Waals surface area (Å²) in [4.78, 5) is 11.9. The van der Waals surface area contributed by atoms with Crippen LogP contribution >= 0.6 is 11.6 Å². The van der Waals surface area contributed by atoms with Gasteiger partial charge in [0, 0.05) is 16.2 Å². The van der Waals surface area contributed by atoms with Crippen LogP contribution in [0.3, 0.4) is 0 Å². The molecular weight excluding hydrogens is 284 g/mol. The number of benzene rings is 2. The molecule has 108 valence electrons. The Labute approximate surface area is 130 Å². The number of carbonyl (C=O) groups is 1. The Kier molecular flexibility index (Phi) is 4.81. The van der Waals surface area contributed by atoms with Gasteiger partial charge in [-0.05, 0) is 25.5 Å². The molecule has 0 saturated heterocycles. The highest BCUT2D eigenvalue weighted by molar-refractivity contribution is 6.31. The fourth-order valence-electron chi connectivity index (χ4n) is 2.04. The highest BCUT2D eigenvalue weighted by atomic mass is 35.5. The largest absolute Gasteiger partial charge is 0.449 e. The minimum absolute atomic E-state index is 0.361. The van der Waals surface area contributed by atoms with Gasteiger partial charge >= 0.3 is 5.97 Å². The summed E-state index contributed by atoms with van der Waals surface area (Å²) in [7, 11) is 0. The molecule has 0 heterocycles. The fraction of sp³-hybridized carbons (Fsp3) is 0.167. The van der Waals surface area contributed by atoms with Crippen molar-refractivity contribution in [2.45, 2.75) is 20.0 Å². The van der Waals surface area contributed by atoms with Crippen molar-refractivity contribution in [3.05, 3.63) is 82.4 Å². The van der Waals surface area contributed by atoms with Gasteiger partial charge in [-0.15, -0.1) is 0 Å². The molecule has 0 saturated carbocycles. The van der Waals surface area contributed by atoms with E-state index in [2.05, 4.69) is 6.58 Å². The third kappa shape index (κ3) is 3.73. The first-order chi connectivity index (χ1) is 9.99. The number of hydrogen-bond acceptors (Lipinski definition) is 2. The Morgan fingerprint density at radius 2 is 1.90 bits per heavy atom. The van der Waals surface area contributed by atoms with Gasteiger partial charge in [0.1, 0.15) is 0 Å². The standard InChI is InChI=1S/C18H17ClO2/c1-12(2)18(20)21-17(14-8-6-7-13(3)11-14)15-9-4-5-10-16(15)19/h4-11,17H,1H2,2-3H3. The number of carbonyl (C=O) groups excluding carboxylic acids is 1. The van der Waals surface area contributed by atoms with Crippen molar-refractivity contribution in [2.24, 2.45) is 0 Å². The summed E-state index contributed by atoms with van der Waals surface area (Å²) < 4.78 is 5.60. The number of halogens is 1. The zero-order chi connectivity index (χ0) is 15.4. The Bertz CT molecular complexity index is 676. The molecule has 0 amide bonds. The van der Waals surface area contributed by atoms with Crippen molar-refractivity contribution in [1.29, 1.82) is 0 Å². The highest BCUT2D eigenvalue weighted by Crippen LogP contribution is 2.32. The minimum Gasteiger partial charge on any atom is -0.449 e. The van der Waals surface area contributed by atoms with Gasteiger partial charge in [-0.2, -0.15) is 0 Å². The summed E-state index contributed by atoms with van der Waals surface area (Å²) in [5.74, 6) is -0.429. The molecule has 0 aliphatic rings. The van der Waals surface area contributed by atoms with Gasteiger partial charge in [-0.1, -0.05) is 66.2 Å². The van der Waals surface area contributed by atoms with Crippen LogP contribution in [-0.2, 0) is 9.53 Å². The number of rotatable bonds is 4. The van der Waals surface area contributed by atoms with E-state index >= 15 is 0 Å². The van der Waals surface area contributed by atoms with Gasteiger partial charge in [0.25, 0.3) is 0 Å². The lowest BCUT2D eigenvalue weighted by atomic mass is 9.99. The zero-order valence-corrected chi connectivity index (χ0v) is 12.9. The summed E-state index contributed by atoms with van der Waals surface area (Å²) in [6, 6.07) is 15.2. The lowest BCUT2D eigenvalue weighted by Gasteiger charge is -2.20. The van der Waals surface area contributed by atoms with Crippen LogP contribution in [0.15, 0.2) is 60.7 Å². The fourth-order valence-corrected chi connectivity index (χ4v) is 2.27. The molecule has 0 N–H and O–H groups in total. The van der Waals surface area contributed by atoms with Gasteiger partial charge in [0.15, 0.2) is 6.10 Å². The predicted molar refractivity (Wildman–Crippen MR) is 85.4 cm³/mol.